The summed E-state index contributed by atoms with van der Waals surface area (Å²) in [7, 11) is 0. The van der Waals surface area contributed by atoms with E-state index in [4.69, 9.17) is 0 Å². The summed E-state index contributed by atoms with van der Waals surface area (Å²) in [5.41, 5.74) is 0.791. The van der Waals surface area contributed by atoms with Gasteiger partial charge in [0.15, 0.2) is 5.78 Å². The van der Waals surface area contributed by atoms with Crippen LogP contribution in [0, 0.1) is 0 Å². The molecule has 0 saturated carbocycles. The molecule has 0 spiro atoms. The zero-order chi connectivity index (χ0) is 11.1. The van der Waals surface area contributed by atoms with Gasteiger partial charge in [-0.2, -0.15) is 0 Å². The lowest BCUT2D eigenvalue weighted by Gasteiger charge is -1.95. The fourth-order valence-electron chi connectivity index (χ4n) is 1.94. The first kappa shape index (κ1) is 9.55. The Hall–Kier alpha value is -1.67. The van der Waals surface area contributed by atoms with E-state index in [1.807, 2.05) is 30.3 Å². The van der Waals surface area contributed by atoms with Gasteiger partial charge in [-0.15, -0.1) is 11.3 Å². The average Bonchev–Trinajstić information content (AvgIpc) is 2.66. The Labute approximate surface area is 97.3 Å². The molecule has 16 heavy (non-hydrogen) atoms. The molecular formula is C14H10OS. The zero-order valence-electron chi connectivity index (χ0n) is 8.86. The van der Waals surface area contributed by atoms with Crippen molar-refractivity contribution in [1.29, 1.82) is 0 Å². The van der Waals surface area contributed by atoms with Gasteiger partial charge in [-0.1, -0.05) is 30.3 Å². The highest BCUT2D eigenvalue weighted by Gasteiger charge is 2.06. The third-order valence-electron chi connectivity index (χ3n) is 2.79. The molecule has 3 aromatic rings. The van der Waals surface area contributed by atoms with Crippen molar-refractivity contribution in [3.05, 3.63) is 48.0 Å². The topological polar surface area (TPSA) is 17.1 Å². The van der Waals surface area contributed by atoms with Crippen LogP contribution in [0.15, 0.2) is 42.5 Å². The standard InChI is InChI=1S/C14H10OS/c1-9(15)10-6-7-12-11-4-2-3-5-13(11)16-14(12)8-10/h2-8H,1H3. The maximum absolute atomic E-state index is 11.3. The highest BCUT2D eigenvalue weighted by Crippen LogP contribution is 2.33. The first-order valence-electron chi connectivity index (χ1n) is 5.18. The minimum Gasteiger partial charge on any atom is -0.295 e. The van der Waals surface area contributed by atoms with Crippen molar-refractivity contribution in [2.45, 2.75) is 6.92 Å². The minimum atomic E-state index is 0.124. The number of Topliss-reactive ketones (excluding diaryl/α,β-unsaturated/α-hetero) is 1. The van der Waals surface area contributed by atoms with Crippen molar-refractivity contribution in [2.24, 2.45) is 0 Å². The van der Waals surface area contributed by atoms with Crippen LogP contribution >= 0.6 is 11.3 Å². The first-order valence-corrected chi connectivity index (χ1v) is 5.99. The first-order chi connectivity index (χ1) is 7.75. The molecule has 1 aromatic heterocycles. The Morgan fingerprint density at radius 1 is 1.00 bits per heavy atom. The molecule has 0 aliphatic rings. The molecule has 0 N–H and O–H groups in total. The molecule has 0 amide bonds. The van der Waals surface area contributed by atoms with Crippen LogP contribution in [0.3, 0.4) is 0 Å². The summed E-state index contributed by atoms with van der Waals surface area (Å²) in [6, 6.07) is 14.3. The number of hydrogen-bond acceptors (Lipinski definition) is 2. The van der Waals surface area contributed by atoms with E-state index in [-0.39, 0.29) is 5.78 Å². The second-order valence-corrected chi connectivity index (χ2v) is 4.95. The molecule has 78 valence electrons. The molecule has 0 aliphatic heterocycles. The summed E-state index contributed by atoms with van der Waals surface area (Å²) in [5.74, 6) is 0.124. The summed E-state index contributed by atoms with van der Waals surface area (Å²) in [6.45, 7) is 1.61. The molecule has 0 fully saturated rings. The lowest BCUT2D eigenvalue weighted by Crippen LogP contribution is -1.89. The summed E-state index contributed by atoms with van der Waals surface area (Å²) < 4.78 is 2.46. The van der Waals surface area contributed by atoms with Gasteiger partial charge in [-0.25, -0.2) is 0 Å². The van der Waals surface area contributed by atoms with Gasteiger partial charge in [0.2, 0.25) is 0 Å². The third kappa shape index (κ3) is 1.34. The van der Waals surface area contributed by atoms with E-state index < -0.39 is 0 Å². The second-order valence-electron chi connectivity index (χ2n) is 3.87. The van der Waals surface area contributed by atoms with Crippen molar-refractivity contribution in [3.8, 4) is 0 Å². The number of thiophene rings is 1. The molecule has 3 rings (SSSR count). The SMILES string of the molecule is CC(=O)c1ccc2c(c1)sc1ccccc12. The van der Waals surface area contributed by atoms with Gasteiger partial charge in [0, 0.05) is 25.7 Å². The van der Waals surface area contributed by atoms with Gasteiger partial charge in [0.25, 0.3) is 0 Å². The van der Waals surface area contributed by atoms with Crippen LogP contribution in [-0.4, -0.2) is 5.78 Å². The Balaban J connectivity index is 2.41. The van der Waals surface area contributed by atoms with Crippen molar-refractivity contribution >= 4 is 37.3 Å². The lowest BCUT2D eigenvalue weighted by molar-refractivity contribution is 0.101. The predicted octanol–water partition coefficient (Wildman–Crippen LogP) is 4.26. The molecular weight excluding hydrogens is 216 g/mol. The molecule has 0 bridgehead atoms. The Kier molecular flexibility index (Phi) is 2.04. The number of ketones is 1. The van der Waals surface area contributed by atoms with Crippen LogP contribution < -0.4 is 0 Å². The third-order valence-corrected chi connectivity index (χ3v) is 3.92. The average molecular weight is 226 g/mol. The molecule has 0 aliphatic carbocycles. The molecule has 2 heteroatoms. The maximum atomic E-state index is 11.3. The Morgan fingerprint density at radius 3 is 2.56 bits per heavy atom. The highest BCUT2D eigenvalue weighted by molar-refractivity contribution is 7.25. The summed E-state index contributed by atoms with van der Waals surface area (Å²) in [4.78, 5) is 11.3. The molecule has 0 unspecified atom stereocenters. The van der Waals surface area contributed by atoms with E-state index in [2.05, 4.69) is 12.1 Å². The van der Waals surface area contributed by atoms with Crippen LogP contribution in [-0.2, 0) is 0 Å². The molecule has 0 atom stereocenters. The predicted molar refractivity (Wildman–Crippen MR) is 69.3 cm³/mol. The van der Waals surface area contributed by atoms with Crippen molar-refractivity contribution in [1.82, 2.24) is 0 Å². The lowest BCUT2D eigenvalue weighted by atomic mass is 10.1. The Bertz CT molecular complexity index is 694. The van der Waals surface area contributed by atoms with Crippen LogP contribution in [0.25, 0.3) is 20.2 Å². The van der Waals surface area contributed by atoms with Crippen LogP contribution in [0.5, 0.6) is 0 Å². The van der Waals surface area contributed by atoms with Gasteiger partial charge >= 0.3 is 0 Å². The minimum absolute atomic E-state index is 0.124. The largest absolute Gasteiger partial charge is 0.295 e. The summed E-state index contributed by atoms with van der Waals surface area (Å²) in [6.07, 6.45) is 0. The van der Waals surface area contributed by atoms with E-state index in [1.54, 1.807) is 18.3 Å². The van der Waals surface area contributed by atoms with E-state index in [0.717, 1.165) is 5.56 Å². The fourth-order valence-corrected chi connectivity index (χ4v) is 3.09. The van der Waals surface area contributed by atoms with Crippen LogP contribution in [0.1, 0.15) is 17.3 Å². The van der Waals surface area contributed by atoms with Crippen molar-refractivity contribution in [2.75, 3.05) is 0 Å². The smallest absolute Gasteiger partial charge is 0.159 e. The molecule has 1 heterocycles. The molecule has 0 radical (unpaired) electrons. The molecule has 2 aromatic carbocycles. The molecule has 0 saturated heterocycles. The van der Waals surface area contributed by atoms with E-state index in [9.17, 15) is 4.79 Å². The fraction of sp³-hybridized carbons (Fsp3) is 0.0714. The van der Waals surface area contributed by atoms with Crippen LogP contribution in [0.2, 0.25) is 0 Å². The van der Waals surface area contributed by atoms with Gasteiger partial charge in [-0.3, -0.25) is 4.79 Å². The number of carbonyl (C=O) groups excluding carboxylic acids is 1. The number of benzene rings is 2. The number of rotatable bonds is 1. The maximum Gasteiger partial charge on any atom is 0.159 e. The summed E-state index contributed by atoms with van der Waals surface area (Å²) in [5, 5.41) is 2.52. The van der Waals surface area contributed by atoms with E-state index >= 15 is 0 Å². The second kappa shape index (κ2) is 3.42. The quantitative estimate of drug-likeness (QED) is 0.567. The van der Waals surface area contributed by atoms with E-state index in [0.29, 0.717) is 0 Å². The van der Waals surface area contributed by atoms with Crippen molar-refractivity contribution in [3.63, 3.8) is 0 Å². The van der Waals surface area contributed by atoms with Crippen molar-refractivity contribution < 1.29 is 4.79 Å². The number of carbonyl (C=O) groups is 1. The molecule has 1 nitrogen and oxygen atoms in total. The normalized spacial score (nSPS) is 11.1. The monoisotopic (exact) mass is 226 g/mol. The Morgan fingerprint density at radius 2 is 1.75 bits per heavy atom. The van der Waals surface area contributed by atoms with Gasteiger partial charge in [-0.05, 0) is 19.1 Å². The zero-order valence-corrected chi connectivity index (χ0v) is 9.67. The van der Waals surface area contributed by atoms with Gasteiger partial charge in [0.05, 0.1) is 0 Å². The highest BCUT2D eigenvalue weighted by atomic mass is 32.1. The number of fused-ring (bicyclic) bond motifs is 3. The summed E-state index contributed by atoms with van der Waals surface area (Å²) >= 11 is 1.74. The van der Waals surface area contributed by atoms with Gasteiger partial charge in [0.1, 0.15) is 0 Å². The van der Waals surface area contributed by atoms with Crippen LogP contribution in [0.4, 0.5) is 0 Å². The number of hydrogen-bond donors (Lipinski definition) is 0. The van der Waals surface area contributed by atoms with Gasteiger partial charge < -0.3 is 0 Å². The van der Waals surface area contributed by atoms with E-state index in [1.165, 1.54) is 20.2 Å².